The largest absolute Gasteiger partial charge is 0.326 e. The van der Waals surface area contributed by atoms with Crippen molar-refractivity contribution in [2.75, 3.05) is 12.0 Å². The lowest BCUT2D eigenvalue weighted by Crippen LogP contribution is -2.36. The molecule has 4 nitrogen and oxygen atoms in total. The smallest absolute Gasteiger partial charge is 0.242 e. The lowest BCUT2D eigenvalue weighted by molar-refractivity contribution is 0.558. The van der Waals surface area contributed by atoms with Crippen molar-refractivity contribution in [2.45, 2.75) is 30.8 Å². The Bertz CT molecular complexity index is 565. The van der Waals surface area contributed by atoms with Crippen LogP contribution in [0.3, 0.4) is 0 Å². The first-order valence-electron chi connectivity index (χ1n) is 6.05. The van der Waals surface area contributed by atoms with Crippen LogP contribution in [-0.2, 0) is 16.6 Å². The van der Waals surface area contributed by atoms with E-state index < -0.39 is 10.0 Å². The molecule has 0 saturated heterocycles. The Morgan fingerprint density at radius 1 is 1.35 bits per heavy atom. The van der Waals surface area contributed by atoms with E-state index in [0.717, 1.165) is 0 Å². The van der Waals surface area contributed by atoms with Crippen molar-refractivity contribution < 1.29 is 8.42 Å². The van der Waals surface area contributed by atoms with E-state index in [1.165, 1.54) is 12.1 Å². The average molecular weight is 357 g/mol. The van der Waals surface area contributed by atoms with Crippen LogP contribution in [0.4, 0.5) is 0 Å². The molecule has 0 amide bonds. The van der Waals surface area contributed by atoms with Crippen molar-refractivity contribution in [3.63, 3.8) is 0 Å². The van der Waals surface area contributed by atoms with Gasteiger partial charge in [0.05, 0.1) is 5.02 Å². The van der Waals surface area contributed by atoms with Gasteiger partial charge in [0, 0.05) is 23.4 Å². The number of nitrogens with two attached hydrogens (primary N) is 1. The van der Waals surface area contributed by atoms with Gasteiger partial charge in [0.15, 0.2) is 0 Å². The Morgan fingerprint density at radius 2 is 2.00 bits per heavy atom. The van der Waals surface area contributed by atoms with Gasteiger partial charge in [-0.15, -0.1) is 0 Å². The number of thioether (sulfide) groups is 1. The molecular formula is C12H18Cl2N2O2S2. The lowest BCUT2D eigenvalue weighted by atomic mass is 10.2. The summed E-state index contributed by atoms with van der Waals surface area (Å²) in [6.45, 7) is 2.08. The van der Waals surface area contributed by atoms with E-state index in [1.807, 2.05) is 13.2 Å². The molecular weight excluding hydrogens is 339 g/mol. The first kappa shape index (κ1) is 18.1. The molecule has 0 aliphatic heterocycles. The van der Waals surface area contributed by atoms with Gasteiger partial charge in [-0.2, -0.15) is 11.8 Å². The standard InChI is InChI=1S/C12H18Cl2N2O2S2/c1-3-9(7-19-2)16-20(17,18)12-4-8(6-15)10(13)5-11(12)14/h4-5,9,16H,3,6-7,15H2,1-2H3. The molecule has 3 N–H and O–H groups in total. The van der Waals surface area contributed by atoms with Crippen LogP contribution in [0.5, 0.6) is 0 Å². The predicted molar refractivity (Wildman–Crippen MR) is 87.1 cm³/mol. The molecule has 0 aromatic heterocycles. The Hall–Kier alpha value is 0.0200. The average Bonchev–Trinajstić information content (AvgIpc) is 2.37. The zero-order valence-electron chi connectivity index (χ0n) is 11.3. The first-order valence-corrected chi connectivity index (χ1v) is 9.68. The van der Waals surface area contributed by atoms with Crippen molar-refractivity contribution in [1.29, 1.82) is 0 Å². The highest BCUT2D eigenvalue weighted by molar-refractivity contribution is 7.98. The fourth-order valence-corrected chi connectivity index (χ4v) is 4.67. The normalized spacial score (nSPS) is 13.4. The first-order chi connectivity index (χ1) is 9.35. The van der Waals surface area contributed by atoms with Gasteiger partial charge in [-0.3, -0.25) is 0 Å². The Kier molecular flexibility index (Phi) is 7.11. The van der Waals surface area contributed by atoms with E-state index in [0.29, 0.717) is 22.8 Å². The summed E-state index contributed by atoms with van der Waals surface area (Å²) in [5.74, 6) is 0.699. The van der Waals surface area contributed by atoms with E-state index >= 15 is 0 Å². The summed E-state index contributed by atoms with van der Waals surface area (Å²) in [7, 11) is -3.68. The van der Waals surface area contributed by atoms with E-state index in [1.54, 1.807) is 11.8 Å². The summed E-state index contributed by atoms with van der Waals surface area (Å²) < 4.78 is 27.4. The summed E-state index contributed by atoms with van der Waals surface area (Å²) in [5, 5.41) is 0.464. The summed E-state index contributed by atoms with van der Waals surface area (Å²) in [4.78, 5) is 0.0172. The highest BCUT2D eigenvalue weighted by Crippen LogP contribution is 2.28. The van der Waals surface area contributed by atoms with E-state index in [4.69, 9.17) is 28.9 Å². The molecule has 8 heteroatoms. The number of benzene rings is 1. The summed E-state index contributed by atoms with van der Waals surface area (Å²) in [6, 6.07) is 2.71. The third-order valence-corrected chi connectivity index (χ3v) is 5.87. The van der Waals surface area contributed by atoms with Gasteiger partial charge in [0.1, 0.15) is 4.90 Å². The highest BCUT2D eigenvalue weighted by atomic mass is 35.5. The van der Waals surface area contributed by atoms with Crippen LogP contribution >= 0.6 is 35.0 Å². The van der Waals surface area contributed by atoms with Crippen LogP contribution < -0.4 is 10.5 Å². The van der Waals surface area contributed by atoms with Gasteiger partial charge in [-0.05, 0) is 30.4 Å². The second kappa shape index (κ2) is 7.87. The molecule has 0 spiro atoms. The quantitative estimate of drug-likeness (QED) is 0.787. The fourth-order valence-electron chi connectivity index (χ4n) is 1.65. The number of halogens is 2. The van der Waals surface area contributed by atoms with Crippen molar-refractivity contribution in [1.82, 2.24) is 4.72 Å². The number of sulfonamides is 1. The van der Waals surface area contributed by atoms with Crippen molar-refractivity contribution in [3.8, 4) is 0 Å². The Morgan fingerprint density at radius 3 is 2.50 bits per heavy atom. The molecule has 0 bridgehead atoms. The zero-order valence-corrected chi connectivity index (χ0v) is 14.5. The van der Waals surface area contributed by atoms with Gasteiger partial charge in [-0.1, -0.05) is 30.1 Å². The second-order valence-electron chi connectivity index (χ2n) is 4.26. The van der Waals surface area contributed by atoms with Gasteiger partial charge < -0.3 is 5.73 Å². The molecule has 1 unspecified atom stereocenters. The van der Waals surface area contributed by atoms with Crippen LogP contribution in [-0.4, -0.2) is 26.5 Å². The minimum absolute atomic E-state index is 0.0172. The molecule has 0 saturated carbocycles. The number of nitrogens with one attached hydrogen (secondary N) is 1. The van der Waals surface area contributed by atoms with Crippen LogP contribution in [0.2, 0.25) is 10.0 Å². The molecule has 1 aromatic rings. The molecule has 1 atom stereocenters. The van der Waals surface area contributed by atoms with E-state index in [-0.39, 0.29) is 22.5 Å². The highest BCUT2D eigenvalue weighted by Gasteiger charge is 2.22. The summed E-state index contributed by atoms with van der Waals surface area (Å²) in [5.41, 5.74) is 6.09. The molecule has 114 valence electrons. The maximum absolute atomic E-state index is 12.4. The Balaban J connectivity index is 3.15. The van der Waals surface area contributed by atoms with Crippen LogP contribution in [0.15, 0.2) is 17.0 Å². The molecule has 0 aliphatic rings. The predicted octanol–water partition coefficient (Wildman–Crippen LogP) is 2.87. The molecule has 0 aliphatic carbocycles. The number of rotatable bonds is 7. The maximum atomic E-state index is 12.4. The van der Waals surface area contributed by atoms with Crippen LogP contribution in [0.1, 0.15) is 18.9 Å². The number of hydrogen-bond donors (Lipinski definition) is 2. The van der Waals surface area contributed by atoms with E-state index in [2.05, 4.69) is 4.72 Å². The van der Waals surface area contributed by atoms with Crippen molar-refractivity contribution in [2.24, 2.45) is 5.73 Å². The molecule has 0 radical (unpaired) electrons. The molecule has 1 rings (SSSR count). The van der Waals surface area contributed by atoms with Gasteiger partial charge in [0.2, 0.25) is 10.0 Å². The molecule has 1 aromatic carbocycles. The number of hydrogen-bond acceptors (Lipinski definition) is 4. The topological polar surface area (TPSA) is 72.2 Å². The lowest BCUT2D eigenvalue weighted by Gasteiger charge is -2.17. The SMILES string of the molecule is CCC(CSC)NS(=O)(=O)c1cc(CN)c(Cl)cc1Cl. The molecule has 0 heterocycles. The Labute approximate surface area is 134 Å². The van der Waals surface area contributed by atoms with E-state index in [9.17, 15) is 8.42 Å². The molecule has 0 fully saturated rings. The maximum Gasteiger partial charge on any atom is 0.242 e. The fraction of sp³-hybridized carbons (Fsp3) is 0.500. The third kappa shape index (κ3) is 4.51. The minimum atomic E-state index is -3.68. The van der Waals surface area contributed by atoms with Crippen molar-refractivity contribution >= 4 is 45.0 Å². The monoisotopic (exact) mass is 356 g/mol. The zero-order chi connectivity index (χ0) is 15.3. The van der Waals surface area contributed by atoms with Gasteiger partial charge >= 0.3 is 0 Å². The second-order valence-corrected chi connectivity index (χ2v) is 7.67. The van der Waals surface area contributed by atoms with Crippen LogP contribution in [0, 0.1) is 0 Å². The van der Waals surface area contributed by atoms with Gasteiger partial charge in [-0.25, -0.2) is 13.1 Å². The third-order valence-electron chi connectivity index (χ3n) is 2.79. The van der Waals surface area contributed by atoms with Gasteiger partial charge in [0.25, 0.3) is 0 Å². The van der Waals surface area contributed by atoms with Crippen molar-refractivity contribution in [3.05, 3.63) is 27.7 Å². The summed E-state index contributed by atoms with van der Waals surface area (Å²) >= 11 is 13.5. The minimum Gasteiger partial charge on any atom is -0.326 e. The van der Waals surface area contributed by atoms with Crippen LogP contribution in [0.25, 0.3) is 0 Å². The molecule has 20 heavy (non-hydrogen) atoms. The summed E-state index contributed by atoms with van der Waals surface area (Å²) in [6.07, 6.45) is 2.63.